The van der Waals surface area contributed by atoms with E-state index in [2.05, 4.69) is 0 Å². The third kappa shape index (κ3) is 8.93. The van der Waals surface area contributed by atoms with E-state index >= 15 is 0 Å². The minimum atomic E-state index is 0. The van der Waals surface area contributed by atoms with Crippen LogP contribution in [0.1, 0.15) is 0 Å². The fraction of sp³-hybridized carbons (Fsp3) is 0. The van der Waals surface area contributed by atoms with Crippen molar-refractivity contribution in [1.29, 1.82) is 0 Å². The van der Waals surface area contributed by atoms with Crippen LogP contribution >= 0.6 is 0 Å². The molecule has 0 aliphatic carbocycles. The summed E-state index contributed by atoms with van der Waals surface area (Å²) in [5.41, 5.74) is 0. The van der Waals surface area contributed by atoms with Crippen molar-refractivity contribution in [3.63, 3.8) is 0 Å². The van der Waals surface area contributed by atoms with Gasteiger partial charge in [0.1, 0.15) is 0 Å². The summed E-state index contributed by atoms with van der Waals surface area (Å²) in [7, 11) is 0. The van der Waals surface area contributed by atoms with Gasteiger partial charge in [-0.15, -0.1) is 0 Å². The SMILES string of the molecule is [NaH].[NaH].[O]=[Gd]. The summed E-state index contributed by atoms with van der Waals surface area (Å²) in [6.45, 7) is 0. The third-order valence-electron chi connectivity index (χ3n) is 0. The normalized spacial score (nSPS) is 1.25. The van der Waals surface area contributed by atoms with Crippen molar-refractivity contribution >= 4 is 59.1 Å². The van der Waals surface area contributed by atoms with Crippen LogP contribution in [0.15, 0.2) is 0 Å². The van der Waals surface area contributed by atoms with Crippen molar-refractivity contribution in [2.24, 2.45) is 0 Å². The second kappa shape index (κ2) is 16.5. The van der Waals surface area contributed by atoms with Crippen LogP contribution in [0, 0.1) is 38.0 Å². The van der Waals surface area contributed by atoms with Crippen molar-refractivity contribution in [3.05, 3.63) is 0 Å². The zero-order chi connectivity index (χ0) is 2.00. The van der Waals surface area contributed by atoms with E-state index in [9.17, 15) is 0 Å². The van der Waals surface area contributed by atoms with E-state index in [0.717, 1.165) is 0 Å². The number of rotatable bonds is 0. The summed E-state index contributed by atoms with van der Waals surface area (Å²) in [6, 6.07) is 0. The van der Waals surface area contributed by atoms with Crippen molar-refractivity contribution in [3.8, 4) is 0 Å². The Morgan fingerprint density at radius 2 is 1.00 bits per heavy atom. The van der Waals surface area contributed by atoms with Crippen LogP contribution in [0.2, 0.25) is 0 Å². The second-order valence-electron chi connectivity index (χ2n) is 0. The Bertz CT molecular complexity index is 6.00. The molecule has 0 saturated carbocycles. The standard InChI is InChI=1S/Gd.2Na.O.2H. The zero-order valence-corrected chi connectivity index (χ0v) is 3.03. The summed E-state index contributed by atoms with van der Waals surface area (Å²) in [5, 5.41) is 0. The van der Waals surface area contributed by atoms with E-state index in [4.69, 9.17) is 1.16 Å². The minimum absolute atomic E-state index is 0. The summed E-state index contributed by atoms with van der Waals surface area (Å²) in [4.78, 5) is 0. The molecule has 0 aromatic heterocycles. The molecule has 0 unspecified atom stereocenters. The van der Waals surface area contributed by atoms with Crippen molar-refractivity contribution in [2.75, 3.05) is 0 Å². The fourth-order valence-electron chi connectivity index (χ4n) is 0. The van der Waals surface area contributed by atoms with Crippen LogP contribution in [0.25, 0.3) is 0 Å². The molecule has 0 fully saturated rings. The van der Waals surface area contributed by atoms with E-state index in [0.29, 0.717) is 38.0 Å². The molecule has 0 radical (unpaired) electrons. The van der Waals surface area contributed by atoms with Crippen LogP contribution < -0.4 is 0 Å². The molecule has 0 aliphatic heterocycles. The summed E-state index contributed by atoms with van der Waals surface area (Å²) < 4.78 is 8.28. The molecule has 0 N–H and O–H groups in total. The third-order valence-corrected chi connectivity index (χ3v) is 0. The van der Waals surface area contributed by atoms with Crippen LogP contribution in [0.5, 0.6) is 0 Å². The molecule has 0 spiro atoms. The first kappa shape index (κ1) is 15.7. The molecule has 0 aromatic rings. The predicted octanol–water partition coefficient (Wildman–Crippen LogP) is -1.42. The molecule has 0 aliphatic rings. The van der Waals surface area contributed by atoms with Crippen LogP contribution in [-0.2, 0) is 1.16 Å². The molecule has 4 heteroatoms. The van der Waals surface area contributed by atoms with Crippen LogP contribution in [-0.4, -0.2) is 59.1 Å². The molecule has 0 heterocycles. The summed E-state index contributed by atoms with van der Waals surface area (Å²) >= 11 is 0.611. The van der Waals surface area contributed by atoms with E-state index < -0.39 is 0 Å². The maximum absolute atomic E-state index is 8.28. The second-order valence-corrected chi connectivity index (χ2v) is 0. The van der Waals surface area contributed by atoms with Gasteiger partial charge in [0.15, 0.2) is 0 Å². The maximum atomic E-state index is 8.28. The molecular formula is H2GdNa2O. The summed E-state index contributed by atoms with van der Waals surface area (Å²) in [5.74, 6) is 0. The Kier molecular flexibility index (Phi) is 64.7. The van der Waals surface area contributed by atoms with E-state index in [1.165, 1.54) is 0 Å². The average Bonchev–Trinajstić information content (AvgIpc) is 1.00. The Morgan fingerprint density at radius 3 is 1.00 bits per heavy atom. The van der Waals surface area contributed by atoms with Gasteiger partial charge < -0.3 is 0 Å². The Morgan fingerprint density at radius 1 is 1.00 bits per heavy atom. The van der Waals surface area contributed by atoms with Gasteiger partial charge in [-0.3, -0.25) is 0 Å². The molecule has 1 nitrogen and oxygen atoms in total. The first-order chi connectivity index (χ1) is 1.00. The quantitative estimate of drug-likeness (QED) is 0.459. The first-order valence-electron chi connectivity index (χ1n) is 0.144. The van der Waals surface area contributed by atoms with E-state index in [1.807, 2.05) is 0 Å². The Labute approximate surface area is 95.6 Å². The van der Waals surface area contributed by atoms with Gasteiger partial charge in [-0.25, -0.2) is 0 Å². The summed E-state index contributed by atoms with van der Waals surface area (Å²) in [6.07, 6.45) is 0. The topological polar surface area (TPSA) is 17.1 Å². The molecule has 4 heavy (non-hydrogen) atoms. The van der Waals surface area contributed by atoms with Gasteiger partial charge in [-0.05, 0) is 0 Å². The first-order valence-corrected chi connectivity index (χ1v) is 1.07. The van der Waals surface area contributed by atoms with Gasteiger partial charge in [0.2, 0.25) is 0 Å². The molecular weight excluding hydrogens is 219 g/mol. The van der Waals surface area contributed by atoms with Gasteiger partial charge in [-0.1, -0.05) is 0 Å². The molecule has 0 bridgehead atoms. The van der Waals surface area contributed by atoms with Gasteiger partial charge in [-0.2, -0.15) is 0 Å². The molecule has 0 rings (SSSR count). The molecule has 0 amide bonds. The van der Waals surface area contributed by atoms with E-state index in [-0.39, 0.29) is 59.1 Å². The van der Waals surface area contributed by atoms with Gasteiger partial charge in [0, 0.05) is 0 Å². The zero-order valence-electron chi connectivity index (χ0n) is 0.762. The average molecular weight is 221 g/mol. The van der Waals surface area contributed by atoms with Gasteiger partial charge in [0.05, 0.1) is 0 Å². The van der Waals surface area contributed by atoms with Crippen molar-refractivity contribution < 1.29 is 39.2 Å². The Balaban J connectivity index is -0.00000000500. The van der Waals surface area contributed by atoms with E-state index in [1.54, 1.807) is 0 Å². The Hall–Kier alpha value is 3.12. The molecule has 0 atom stereocenters. The monoisotopic (exact) mass is 222 g/mol. The van der Waals surface area contributed by atoms with Crippen LogP contribution in [0.4, 0.5) is 0 Å². The predicted molar refractivity (Wildman–Crippen MR) is 15.0 cm³/mol. The molecule has 0 aromatic carbocycles. The fourth-order valence-corrected chi connectivity index (χ4v) is 0. The number of hydrogen-bond acceptors (Lipinski definition) is 1. The molecule has 0 saturated heterocycles. The van der Waals surface area contributed by atoms with Gasteiger partial charge in [0.25, 0.3) is 0 Å². The van der Waals surface area contributed by atoms with Crippen molar-refractivity contribution in [1.82, 2.24) is 0 Å². The number of hydrogen-bond donors (Lipinski definition) is 0. The van der Waals surface area contributed by atoms with Crippen LogP contribution in [0.3, 0.4) is 0 Å². The van der Waals surface area contributed by atoms with Gasteiger partial charge >= 0.3 is 98.3 Å². The van der Waals surface area contributed by atoms with Crippen molar-refractivity contribution in [2.45, 2.75) is 0 Å². The molecule has 18 valence electrons.